The molecule has 0 aliphatic carbocycles. The summed E-state index contributed by atoms with van der Waals surface area (Å²) in [6, 6.07) is 2.80. The molecule has 1 aromatic carbocycles. The molecule has 0 aliphatic rings. The van der Waals surface area contributed by atoms with Gasteiger partial charge in [-0.05, 0) is 32.9 Å². The minimum Gasteiger partial charge on any atom is -0.457 e. The summed E-state index contributed by atoms with van der Waals surface area (Å²) in [5.41, 5.74) is -1.75. The smallest absolute Gasteiger partial charge is 0.344 e. The van der Waals surface area contributed by atoms with E-state index >= 15 is 0 Å². The molecule has 132 valence electrons. The molecule has 0 spiro atoms. The number of carbonyl (C=O) groups excluding carboxylic acids is 2. The van der Waals surface area contributed by atoms with E-state index in [1.807, 2.05) is 0 Å². The van der Waals surface area contributed by atoms with Gasteiger partial charge in [-0.15, -0.1) is 0 Å². The van der Waals surface area contributed by atoms with E-state index < -0.39 is 49.5 Å². The maximum Gasteiger partial charge on any atom is 0.344 e. The van der Waals surface area contributed by atoms with Gasteiger partial charge >= 0.3 is 11.9 Å². The average Bonchev–Trinajstić information content (AvgIpc) is 2.41. The predicted octanol–water partition coefficient (Wildman–Crippen LogP) is 1.50. The normalized spacial score (nSPS) is 11.7. The van der Waals surface area contributed by atoms with Crippen molar-refractivity contribution in [3.05, 3.63) is 33.9 Å². The summed E-state index contributed by atoms with van der Waals surface area (Å²) in [4.78, 5) is 32.9. The van der Waals surface area contributed by atoms with Crippen molar-refractivity contribution < 1.29 is 32.4 Å². The monoisotopic (exact) mass is 359 g/mol. The maximum atomic E-state index is 11.8. The summed E-state index contributed by atoms with van der Waals surface area (Å²) in [7, 11) is -3.83. The molecule has 0 amide bonds. The lowest BCUT2D eigenvalue weighted by atomic mass is 10.2. The fraction of sp³-hybridized carbons (Fsp3) is 0.429. The van der Waals surface area contributed by atoms with Crippen molar-refractivity contribution in [1.82, 2.24) is 0 Å². The van der Waals surface area contributed by atoms with Crippen LogP contribution in [0.3, 0.4) is 0 Å². The maximum absolute atomic E-state index is 11.8. The van der Waals surface area contributed by atoms with Crippen molar-refractivity contribution in [2.75, 3.05) is 12.9 Å². The van der Waals surface area contributed by atoms with Gasteiger partial charge in [0.15, 0.2) is 16.4 Å². The third-order valence-electron chi connectivity index (χ3n) is 2.53. The average molecular weight is 359 g/mol. The van der Waals surface area contributed by atoms with Gasteiger partial charge in [0.25, 0.3) is 5.69 Å². The first-order chi connectivity index (χ1) is 10.8. The molecule has 0 saturated heterocycles. The lowest BCUT2D eigenvalue weighted by molar-refractivity contribution is -0.387. The molecule has 0 saturated carbocycles. The first-order valence-electron chi connectivity index (χ1n) is 6.69. The highest BCUT2D eigenvalue weighted by Crippen LogP contribution is 2.25. The molecule has 0 unspecified atom stereocenters. The highest BCUT2D eigenvalue weighted by molar-refractivity contribution is 7.90. The van der Waals surface area contributed by atoms with Crippen LogP contribution in [0.25, 0.3) is 0 Å². The minimum atomic E-state index is -3.83. The molecule has 0 atom stereocenters. The fourth-order valence-corrected chi connectivity index (χ4v) is 2.51. The number of sulfone groups is 1. The molecular weight excluding hydrogens is 342 g/mol. The number of hydrogen-bond donors (Lipinski definition) is 0. The number of carbonyl (C=O) groups is 2. The Hall–Kier alpha value is -2.49. The van der Waals surface area contributed by atoms with Crippen LogP contribution in [0.2, 0.25) is 0 Å². The van der Waals surface area contributed by atoms with E-state index in [9.17, 15) is 28.1 Å². The largest absolute Gasteiger partial charge is 0.457 e. The third kappa shape index (κ3) is 5.61. The van der Waals surface area contributed by atoms with E-state index in [0.29, 0.717) is 0 Å². The topological polar surface area (TPSA) is 130 Å². The molecule has 24 heavy (non-hydrogen) atoms. The Labute approximate surface area is 138 Å². The van der Waals surface area contributed by atoms with Crippen molar-refractivity contribution in [3.63, 3.8) is 0 Å². The third-order valence-corrected chi connectivity index (χ3v) is 3.68. The van der Waals surface area contributed by atoms with Gasteiger partial charge in [-0.2, -0.15) is 0 Å². The molecule has 0 radical (unpaired) electrons. The van der Waals surface area contributed by atoms with E-state index in [1.165, 1.54) is 0 Å². The number of nitro benzene ring substituents is 1. The first kappa shape index (κ1) is 19.6. The fourth-order valence-electron chi connectivity index (χ4n) is 1.68. The summed E-state index contributed by atoms with van der Waals surface area (Å²) in [5, 5.41) is 11.0. The SMILES string of the molecule is CC(C)(C)OC(=O)COC(=O)c1ccc(S(C)(=O)=O)c([N+](=O)[O-])c1. The van der Waals surface area contributed by atoms with Crippen LogP contribution in [0.5, 0.6) is 0 Å². The molecule has 0 fully saturated rings. The molecule has 0 N–H and O–H groups in total. The summed E-state index contributed by atoms with van der Waals surface area (Å²) >= 11 is 0. The molecule has 0 heterocycles. The van der Waals surface area contributed by atoms with E-state index in [1.54, 1.807) is 20.8 Å². The first-order valence-corrected chi connectivity index (χ1v) is 8.58. The van der Waals surface area contributed by atoms with Crippen molar-refractivity contribution in [2.45, 2.75) is 31.3 Å². The Morgan fingerprint density at radius 3 is 2.29 bits per heavy atom. The highest BCUT2D eigenvalue weighted by atomic mass is 32.2. The van der Waals surface area contributed by atoms with Gasteiger partial charge in [0.2, 0.25) is 0 Å². The molecule has 1 aromatic rings. The number of nitro groups is 1. The van der Waals surface area contributed by atoms with Crippen LogP contribution in [-0.2, 0) is 24.1 Å². The number of nitrogens with zero attached hydrogens (tertiary/aromatic N) is 1. The highest BCUT2D eigenvalue weighted by Gasteiger charge is 2.25. The second kappa shape index (κ2) is 6.95. The van der Waals surface area contributed by atoms with Gasteiger partial charge in [0.1, 0.15) is 10.5 Å². The van der Waals surface area contributed by atoms with Crippen molar-refractivity contribution in [1.29, 1.82) is 0 Å². The summed E-state index contributed by atoms with van der Waals surface area (Å²) in [6.45, 7) is 4.25. The molecular formula is C14H17NO8S. The van der Waals surface area contributed by atoms with Gasteiger partial charge in [0, 0.05) is 12.3 Å². The number of rotatable bonds is 5. The number of esters is 2. The lowest BCUT2D eigenvalue weighted by Gasteiger charge is -2.19. The van der Waals surface area contributed by atoms with Crippen molar-refractivity contribution >= 4 is 27.5 Å². The molecule has 1 rings (SSSR count). The molecule has 9 nitrogen and oxygen atoms in total. The zero-order valence-corrected chi connectivity index (χ0v) is 14.4. The van der Waals surface area contributed by atoms with E-state index in [-0.39, 0.29) is 5.56 Å². The van der Waals surface area contributed by atoms with Gasteiger partial charge in [-0.3, -0.25) is 10.1 Å². The zero-order valence-electron chi connectivity index (χ0n) is 13.6. The van der Waals surface area contributed by atoms with Crippen LogP contribution < -0.4 is 0 Å². The van der Waals surface area contributed by atoms with Crippen molar-refractivity contribution in [3.8, 4) is 0 Å². The Morgan fingerprint density at radius 1 is 1.25 bits per heavy atom. The Kier molecular flexibility index (Phi) is 5.67. The van der Waals surface area contributed by atoms with Crippen LogP contribution in [-0.4, -0.2) is 43.7 Å². The second-order valence-corrected chi connectivity index (χ2v) is 7.86. The summed E-state index contributed by atoms with van der Waals surface area (Å²) in [5.74, 6) is -1.79. The van der Waals surface area contributed by atoms with Crippen LogP contribution >= 0.6 is 0 Å². The molecule has 0 aromatic heterocycles. The number of ether oxygens (including phenoxy) is 2. The minimum absolute atomic E-state index is 0.252. The van der Waals surface area contributed by atoms with Gasteiger partial charge in [-0.1, -0.05) is 0 Å². The molecule has 10 heteroatoms. The second-order valence-electron chi connectivity index (χ2n) is 5.87. The molecule has 0 aliphatic heterocycles. The van der Waals surface area contributed by atoms with E-state index in [4.69, 9.17) is 9.47 Å². The molecule has 0 bridgehead atoms. The number of benzene rings is 1. The van der Waals surface area contributed by atoms with Crippen molar-refractivity contribution in [2.24, 2.45) is 0 Å². The van der Waals surface area contributed by atoms with E-state index in [0.717, 1.165) is 24.5 Å². The predicted molar refractivity (Wildman–Crippen MR) is 82.3 cm³/mol. The zero-order chi connectivity index (χ0) is 18.7. The van der Waals surface area contributed by atoms with Gasteiger partial charge < -0.3 is 9.47 Å². The summed E-state index contributed by atoms with van der Waals surface area (Å²) in [6.07, 6.45) is 0.815. The van der Waals surface area contributed by atoms with Crippen LogP contribution in [0.4, 0.5) is 5.69 Å². The Balaban J connectivity index is 2.95. The van der Waals surface area contributed by atoms with Crippen LogP contribution in [0.15, 0.2) is 23.1 Å². The lowest BCUT2D eigenvalue weighted by Crippen LogP contribution is -2.27. The van der Waals surface area contributed by atoms with Crippen LogP contribution in [0, 0.1) is 10.1 Å². The van der Waals surface area contributed by atoms with E-state index in [2.05, 4.69) is 0 Å². The standard InChI is InChI=1S/C14H17NO8S/c1-14(2,3)23-12(16)8-22-13(17)9-5-6-11(24(4,20)21)10(7-9)15(18)19/h5-7H,8H2,1-4H3. The number of hydrogen-bond acceptors (Lipinski definition) is 8. The van der Waals surface area contributed by atoms with Gasteiger partial charge in [0.05, 0.1) is 10.5 Å². The van der Waals surface area contributed by atoms with Gasteiger partial charge in [-0.25, -0.2) is 18.0 Å². The van der Waals surface area contributed by atoms with Crippen LogP contribution in [0.1, 0.15) is 31.1 Å². The Morgan fingerprint density at radius 2 is 1.83 bits per heavy atom. The Bertz CT molecular complexity index is 776. The summed E-state index contributed by atoms with van der Waals surface area (Å²) < 4.78 is 32.7. The quantitative estimate of drug-likeness (QED) is 0.439.